The average Bonchev–Trinajstić information content (AvgIpc) is 2.13. The topological polar surface area (TPSA) is 52.0 Å². The summed E-state index contributed by atoms with van der Waals surface area (Å²) in [6.07, 6.45) is 1.16. The van der Waals surface area contributed by atoms with Crippen LogP contribution < -0.4 is 11.5 Å². The van der Waals surface area contributed by atoms with E-state index in [-0.39, 0.29) is 0 Å². The molecule has 2 atom stereocenters. The predicted octanol–water partition coefficient (Wildman–Crippen LogP) is 1.59. The molecule has 2 nitrogen and oxygen atoms in total. The van der Waals surface area contributed by atoms with Crippen LogP contribution in [0.5, 0.6) is 0 Å². The van der Waals surface area contributed by atoms with Crippen LogP contribution in [0.15, 0.2) is 0 Å². The maximum Gasteiger partial charge on any atom is -0.00462 e. The van der Waals surface area contributed by atoms with Crippen LogP contribution in [0.4, 0.5) is 0 Å². The van der Waals surface area contributed by atoms with Gasteiger partial charge in [0, 0.05) is 0 Å². The van der Waals surface area contributed by atoms with Crippen molar-refractivity contribution in [1.29, 1.82) is 0 Å². The maximum atomic E-state index is 5.69. The highest BCUT2D eigenvalue weighted by Crippen LogP contribution is 2.37. The fraction of sp³-hybridized carbons (Fsp3) is 1.00. The summed E-state index contributed by atoms with van der Waals surface area (Å²) >= 11 is 0. The summed E-state index contributed by atoms with van der Waals surface area (Å²) in [6, 6.07) is 0. The second kappa shape index (κ2) is 4.83. The van der Waals surface area contributed by atoms with Gasteiger partial charge in [0.25, 0.3) is 0 Å². The van der Waals surface area contributed by atoms with Gasteiger partial charge in [-0.25, -0.2) is 0 Å². The number of nitrogens with two attached hydrogens (primary N) is 2. The van der Waals surface area contributed by atoms with Crippen molar-refractivity contribution < 1.29 is 0 Å². The van der Waals surface area contributed by atoms with Crippen molar-refractivity contribution in [2.45, 2.75) is 34.1 Å². The minimum Gasteiger partial charge on any atom is -0.330 e. The molecule has 12 heavy (non-hydrogen) atoms. The Morgan fingerprint density at radius 2 is 1.42 bits per heavy atom. The minimum atomic E-state index is 0.309. The van der Waals surface area contributed by atoms with E-state index in [1.807, 2.05) is 0 Å². The van der Waals surface area contributed by atoms with Gasteiger partial charge in [-0.3, -0.25) is 0 Å². The lowest BCUT2D eigenvalue weighted by molar-refractivity contribution is 0.117. The fourth-order valence-electron chi connectivity index (χ4n) is 1.72. The van der Waals surface area contributed by atoms with Gasteiger partial charge in [0.2, 0.25) is 0 Å². The molecule has 2 unspecified atom stereocenters. The summed E-state index contributed by atoms with van der Waals surface area (Å²) in [4.78, 5) is 0. The Bertz CT molecular complexity index is 113. The zero-order chi connectivity index (χ0) is 9.78. The number of hydrogen-bond acceptors (Lipinski definition) is 2. The van der Waals surface area contributed by atoms with Gasteiger partial charge in [0.05, 0.1) is 0 Å². The van der Waals surface area contributed by atoms with Crippen molar-refractivity contribution >= 4 is 0 Å². The Balaban J connectivity index is 4.42. The predicted molar refractivity (Wildman–Crippen MR) is 54.8 cm³/mol. The molecule has 0 aliphatic heterocycles. The molecule has 0 amide bonds. The van der Waals surface area contributed by atoms with Crippen LogP contribution in [0.2, 0.25) is 0 Å². The van der Waals surface area contributed by atoms with Gasteiger partial charge in [-0.05, 0) is 30.3 Å². The van der Waals surface area contributed by atoms with Crippen LogP contribution >= 0.6 is 0 Å². The monoisotopic (exact) mass is 172 g/mol. The molecule has 0 fully saturated rings. The zero-order valence-corrected chi connectivity index (χ0v) is 8.93. The SMILES string of the molecule is CCC(C)(C(C)CN)C(C)CN. The molecule has 0 aliphatic carbocycles. The maximum absolute atomic E-state index is 5.69. The van der Waals surface area contributed by atoms with Gasteiger partial charge in [-0.1, -0.05) is 34.1 Å². The lowest BCUT2D eigenvalue weighted by atomic mass is 9.67. The lowest BCUT2D eigenvalue weighted by Gasteiger charge is -2.39. The van der Waals surface area contributed by atoms with E-state index in [1.54, 1.807) is 0 Å². The fourth-order valence-corrected chi connectivity index (χ4v) is 1.72. The molecular weight excluding hydrogens is 148 g/mol. The van der Waals surface area contributed by atoms with Crippen LogP contribution in [0.25, 0.3) is 0 Å². The summed E-state index contributed by atoms with van der Waals surface area (Å²) in [5.74, 6) is 1.11. The van der Waals surface area contributed by atoms with Gasteiger partial charge in [0.1, 0.15) is 0 Å². The molecule has 0 aromatic rings. The average molecular weight is 172 g/mol. The molecule has 0 aromatic carbocycles. The van der Waals surface area contributed by atoms with E-state index in [9.17, 15) is 0 Å². The van der Waals surface area contributed by atoms with E-state index in [1.165, 1.54) is 0 Å². The first-order chi connectivity index (χ1) is 5.52. The van der Waals surface area contributed by atoms with E-state index in [2.05, 4.69) is 27.7 Å². The van der Waals surface area contributed by atoms with Crippen molar-refractivity contribution in [2.75, 3.05) is 13.1 Å². The quantitative estimate of drug-likeness (QED) is 0.661. The largest absolute Gasteiger partial charge is 0.330 e. The van der Waals surface area contributed by atoms with E-state index in [4.69, 9.17) is 11.5 Å². The number of rotatable bonds is 5. The summed E-state index contributed by atoms with van der Waals surface area (Å²) in [5.41, 5.74) is 11.7. The van der Waals surface area contributed by atoms with Gasteiger partial charge in [0.15, 0.2) is 0 Å². The molecule has 74 valence electrons. The van der Waals surface area contributed by atoms with Gasteiger partial charge < -0.3 is 11.5 Å². The molecule has 0 aromatic heterocycles. The Morgan fingerprint density at radius 1 is 1.08 bits per heavy atom. The summed E-state index contributed by atoms with van der Waals surface area (Å²) in [5, 5.41) is 0. The van der Waals surface area contributed by atoms with Crippen LogP contribution in [0.1, 0.15) is 34.1 Å². The van der Waals surface area contributed by atoms with Crippen molar-refractivity contribution in [3.05, 3.63) is 0 Å². The van der Waals surface area contributed by atoms with E-state index >= 15 is 0 Å². The summed E-state index contributed by atoms with van der Waals surface area (Å²) in [7, 11) is 0. The van der Waals surface area contributed by atoms with E-state index in [0.717, 1.165) is 19.5 Å². The van der Waals surface area contributed by atoms with Crippen molar-refractivity contribution in [2.24, 2.45) is 28.7 Å². The van der Waals surface area contributed by atoms with E-state index < -0.39 is 0 Å². The third-order valence-corrected chi connectivity index (χ3v) is 3.72. The third-order valence-electron chi connectivity index (χ3n) is 3.72. The highest BCUT2D eigenvalue weighted by Gasteiger charge is 2.33. The lowest BCUT2D eigenvalue weighted by Crippen LogP contribution is -2.39. The minimum absolute atomic E-state index is 0.309. The second-order valence-corrected chi connectivity index (χ2v) is 4.13. The molecule has 0 heterocycles. The van der Waals surface area contributed by atoms with Crippen LogP contribution in [-0.2, 0) is 0 Å². The standard InChI is InChI=1S/C10H24N2/c1-5-10(4,8(2)6-11)9(3)7-12/h8-9H,5-7,11-12H2,1-4H3. The smallest absolute Gasteiger partial charge is 0.00462 e. The van der Waals surface area contributed by atoms with Crippen LogP contribution in [0.3, 0.4) is 0 Å². The molecule has 0 radical (unpaired) electrons. The van der Waals surface area contributed by atoms with Crippen LogP contribution in [0, 0.1) is 17.3 Å². The molecule has 0 rings (SSSR count). The van der Waals surface area contributed by atoms with Crippen molar-refractivity contribution in [3.63, 3.8) is 0 Å². The molecule has 4 N–H and O–H groups in total. The molecule has 0 saturated heterocycles. The normalized spacial score (nSPS) is 21.5. The molecule has 0 saturated carbocycles. The molecule has 2 heteroatoms. The highest BCUT2D eigenvalue weighted by molar-refractivity contribution is 4.84. The van der Waals surface area contributed by atoms with Gasteiger partial charge >= 0.3 is 0 Å². The first kappa shape index (κ1) is 11.9. The van der Waals surface area contributed by atoms with Gasteiger partial charge in [-0.2, -0.15) is 0 Å². The first-order valence-corrected chi connectivity index (χ1v) is 4.93. The van der Waals surface area contributed by atoms with Crippen molar-refractivity contribution in [3.8, 4) is 0 Å². The second-order valence-electron chi connectivity index (χ2n) is 4.13. The van der Waals surface area contributed by atoms with Gasteiger partial charge in [-0.15, -0.1) is 0 Å². The summed E-state index contributed by atoms with van der Waals surface area (Å²) < 4.78 is 0. The first-order valence-electron chi connectivity index (χ1n) is 4.93. The van der Waals surface area contributed by atoms with E-state index in [0.29, 0.717) is 17.3 Å². The zero-order valence-electron chi connectivity index (χ0n) is 8.93. The molecule has 0 spiro atoms. The molecular formula is C10H24N2. The molecule has 0 bridgehead atoms. The Morgan fingerprint density at radius 3 is 1.58 bits per heavy atom. The van der Waals surface area contributed by atoms with Crippen LogP contribution in [-0.4, -0.2) is 13.1 Å². The number of hydrogen-bond donors (Lipinski definition) is 2. The highest BCUT2D eigenvalue weighted by atomic mass is 14.6. The Hall–Kier alpha value is -0.0800. The Labute approximate surface area is 76.7 Å². The third kappa shape index (κ3) is 2.20. The molecule has 0 aliphatic rings. The Kier molecular flexibility index (Phi) is 4.80. The van der Waals surface area contributed by atoms with Crippen molar-refractivity contribution in [1.82, 2.24) is 0 Å². The summed E-state index contributed by atoms with van der Waals surface area (Å²) in [6.45, 7) is 10.5.